The molecule has 1 aromatic carbocycles. The van der Waals surface area contributed by atoms with Gasteiger partial charge in [-0.2, -0.15) is 0 Å². The van der Waals surface area contributed by atoms with Crippen LogP contribution in [0.1, 0.15) is 10.5 Å². The molecule has 1 aromatic heterocycles. The van der Waals surface area contributed by atoms with E-state index in [0.717, 1.165) is 0 Å². The summed E-state index contributed by atoms with van der Waals surface area (Å²) >= 11 is 0. The van der Waals surface area contributed by atoms with Crippen molar-refractivity contribution in [3.8, 4) is 5.75 Å². The number of esters is 1. The minimum atomic E-state index is -0.603. The largest absolute Gasteiger partial charge is 0.496 e. The summed E-state index contributed by atoms with van der Waals surface area (Å²) in [6.07, 6.45) is 0. The van der Waals surface area contributed by atoms with Gasteiger partial charge >= 0.3 is 5.97 Å². The second-order valence-electron chi connectivity index (χ2n) is 3.33. The van der Waals surface area contributed by atoms with Crippen molar-refractivity contribution in [2.45, 2.75) is 0 Å². The van der Waals surface area contributed by atoms with E-state index in [9.17, 15) is 9.18 Å². The third kappa shape index (κ3) is 1.91. The molecular weight excluding hydrogens is 225 g/mol. The molecule has 0 atom stereocenters. The fourth-order valence-electron chi connectivity index (χ4n) is 1.55. The number of ether oxygens (including phenoxy) is 2. The van der Waals surface area contributed by atoms with Gasteiger partial charge < -0.3 is 9.47 Å². The molecule has 0 bridgehead atoms. The van der Waals surface area contributed by atoms with Gasteiger partial charge in [0.15, 0.2) is 0 Å². The number of carbonyl (C=O) groups excluding carboxylic acids is 1. The van der Waals surface area contributed by atoms with E-state index in [4.69, 9.17) is 4.74 Å². The van der Waals surface area contributed by atoms with Gasteiger partial charge in [0.25, 0.3) is 0 Å². The van der Waals surface area contributed by atoms with Crippen molar-refractivity contribution < 1.29 is 18.7 Å². The predicted molar refractivity (Wildman–Crippen MR) is 59.6 cm³/mol. The van der Waals surface area contributed by atoms with Crippen molar-refractivity contribution in [1.29, 1.82) is 0 Å². The number of nitrogens with zero attached hydrogens (tertiary/aromatic N) is 1. The summed E-state index contributed by atoms with van der Waals surface area (Å²) in [4.78, 5) is 15.2. The summed E-state index contributed by atoms with van der Waals surface area (Å²) in [5.74, 6) is -0.606. The summed E-state index contributed by atoms with van der Waals surface area (Å²) in [6.45, 7) is 0. The predicted octanol–water partition coefficient (Wildman–Crippen LogP) is 2.17. The van der Waals surface area contributed by atoms with Crippen molar-refractivity contribution in [2.24, 2.45) is 0 Å². The molecule has 88 valence electrons. The maximum atomic E-state index is 13.6. The summed E-state index contributed by atoms with van der Waals surface area (Å²) in [5, 5.41) is 0.514. The van der Waals surface area contributed by atoms with Crippen molar-refractivity contribution in [1.82, 2.24) is 4.98 Å². The molecule has 1 heterocycles. The monoisotopic (exact) mass is 235 g/mol. The number of hydrogen-bond acceptors (Lipinski definition) is 4. The average molecular weight is 235 g/mol. The second-order valence-corrected chi connectivity index (χ2v) is 3.33. The molecule has 0 spiro atoms. The highest BCUT2D eigenvalue weighted by Crippen LogP contribution is 2.26. The summed E-state index contributed by atoms with van der Waals surface area (Å²) in [7, 11) is 2.73. The van der Waals surface area contributed by atoms with E-state index in [1.165, 1.54) is 32.4 Å². The van der Waals surface area contributed by atoms with E-state index < -0.39 is 11.8 Å². The lowest BCUT2D eigenvalue weighted by Crippen LogP contribution is -2.04. The zero-order chi connectivity index (χ0) is 12.4. The number of benzene rings is 1. The van der Waals surface area contributed by atoms with Gasteiger partial charge in [0.1, 0.15) is 22.8 Å². The van der Waals surface area contributed by atoms with Crippen LogP contribution in [0.25, 0.3) is 10.9 Å². The van der Waals surface area contributed by atoms with Crippen LogP contribution in [0.2, 0.25) is 0 Å². The highest BCUT2D eigenvalue weighted by molar-refractivity contribution is 5.93. The number of rotatable bonds is 2. The lowest BCUT2D eigenvalue weighted by molar-refractivity contribution is 0.0594. The van der Waals surface area contributed by atoms with Gasteiger partial charge in [-0.15, -0.1) is 0 Å². The van der Waals surface area contributed by atoms with Crippen LogP contribution in [0.3, 0.4) is 0 Å². The van der Waals surface area contributed by atoms with E-state index in [1.807, 2.05) is 0 Å². The van der Waals surface area contributed by atoms with E-state index >= 15 is 0 Å². The molecule has 0 aliphatic carbocycles. The molecule has 0 aliphatic heterocycles. The Balaban J connectivity index is 2.69. The first kappa shape index (κ1) is 11.3. The van der Waals surface area contributed by atoms with E-state index in [1.54, 1.807) is 6.07 Å². The Bertz CT molecular complexity index is 583. The second kappa shape index (κ2) is 4.37. The Morgan fingerprint density at radius 2 is 2.00 bits per heavy atom. The lowest BCUT2D eigenvalue weighted by atomic mass is 10.1. The Kier molecular flexibility index (Phi) is 2.91. The fraction of sp³-hybridized carbons (Fsp3) is 0.167. The first-order valence-electron chi connectivity index (χ1n) is 4.89. The standard InChI is InChI=1S/C12H10FNO3/c1-16-10-6-4-8(13)11-7(10)3-5-9(14-11)12(15)17-2/h3-6H,1-2H3. The minimum Gasteiger partial charge on any atom is -0.496 e. The molecule has 17 heavy (non-hydrogen) atoms. The van der Waals surface area contributed by atoms with Crippen LogP contribution in [-0.4, -0.2) is 25.2 Å². The molecule has 0 saturated heterocycles. The Hall–Kier alpha value is -2.17. The van der Waals surface area contributed by atoms with Crippen LogP contribution in [0.15, 0.2) is 24.3 Å². The highest BCUT2D eigenvalue weighted by Gasteiger charge is 2.12. The molecule has 2 aromatic rings. The minimum absolute atomic E-state index is 0.0622. The number of pyridine rings is 1. The van der Waals surface area contributed by atoms with Gasteiger partial charge in [-0.05, 0) is 24.3 Å². The van der Waals surface area contributed by atoms with Crippen LogP contribution >= 0.6 is 0 Å². The molecule has 4 nitrogen and oxygen atoms in total. The van der Waals surface area contributed by atoms with Gasteiger partial charge in [0.05, 0.1) is 14.2 Å². The van der Waals surface area contributed by atoms with Crippen molar-refractivity contribution in [3.63, 3.8) is 0 Å². The fourth-order valence-corrected chi connectivity index (χ4v) is 1.55. The van der Waals surface area contributed by atoms with E-state index in [2.05, 4.69) is 9.72 Å². The molecule has 0 unspecified atom stereocenters. The van der Waals surface area contributed by atoms with E-state index in [-0.39, 0.29) is 11.2 Å². The molecule has 0 aliphatic rings. The molecule has 5 heteroatoms. The normalized spacial score (nSPS) is 10.3. The summed E-state index contributed by atoms with van der Waals surface area (Å²) in [5.41, 5.74) is 0.152. The average Bonchev–Trinajstić information content (AvgIpc) is 2.38. The maximum absolute atomic E-state index is 13.6. The lowest BCUT2D eigenvalue weighted by Gasteiger charge is -2.06. The Morgan fingerprint density at radius 3 is 2.65 bits per heavy atom. The van der Waals surface area contributed by atoms with E-state index in [0.29, 0.717) is 11.1 Å². The van der Waals surface area contributed by atoms with Crippen LogP contribution in [-0.2, 0) is 4.74 Å². The van der Waals surface area contributed by atoms with Crippen molar-refractivity contribution >= 4 is 16.9 Å². The maximum Gasteiger partial charge on any atom is 0.356 e. The number of methoxy groups -OCH3 is 2. The first-order valence-corrected chi connectivity index (χ1v) is 4.89. The van der Waals surface area contributed by atoms with Crippen LogP contribution in [0.4, 0.5) is 4.39 Å². The zero-order valence-corrected chi connectivity index (χ0v) is 9.36. The molecule has 0 fully saturated rings. The SMILES string of the molecule is COC(=O)c1ccc2c(OC)ccc(F)c2n1. The first-order chi connectivity index (χ1) is 8.17. The number of fused-ring (bicyclic) bond motifs is 1. The summed E-state index contributed by atoms with van der Waals surface area (Å²) in [6, 6.07) is 5.80. The van der Waals surface area contributed by atoms with Crippen molar-refractivity contribution in [3.05, 3.63) is 35.8 Å². The molecule has 0 N–H and O–H groups in total. The van der Waals surface area contributed by atoms with Crippen LogP contribution in [0.5, 0.6) is 5.75 Å². The number of aromatic nitrogens is 1. The molecule has 2 rings (SSSR count). The number of halogens is 1. The third-order valence-corrected chi connectivity index (χ3v) is 2.38. The number of carbonyl (C=O) groups is 1. The Labute approximate surface area is 97.0 Å². The molecule has 0 saturated carbocycles. The zero-order valence-electron chi connectivity index (χ0n) is 9.36. The van der Waals surface area contributed by atoms with Gasteiger partial charge in [-0.3, -0.25) is 0 Å². The van der Waals surface area contributed by atoms with Gasteiger partial charge in [0, 0.05) is 5.39 Å². The van der Waals surface area contributed by atoms with Crippen LogP contribution < -0.4 is 4.74 Å². The molecular formula is C12H10FNO3. The third-order valence-electron chi connectivity index (χ3n) is 2.38. The number of hydrogen-bond donors (Lipinski definition) is 0. The quantitative estimate of drug-likeness (QED) is 0.748. The van der Waals surface area contributed by atoms with Crippen molar-refractivity contribution in [2.75, 3.05) is 14.2 Å². The van der Waals surface area contributed by atoms with Gasteiger partial charge in [0.2, 0.25) is 0 Å². The summed E-state index contributed by atoms with van der Waals surface area (Å²) < 4.78 is 23.2. The molecule has 0 amide bonds. The smallest absolute Gasteiger partial charge is 0.356 e. The van der Waals surface area contributed by atoms with Gasteiger partial charge in [-0.1, -0.05) is 0 Å². The molecule has 0 radical (unpaired) electrons. The van der Waals surface area contributed by atoms with Gasteiger partial charge in [-0.25, -0.2) is 14.2 Å². The highest BCUT2D eigenvalue weighted by atomic mass is 19.1. The van der Waals surface area contributed by atoms with Crippen LogP contribution in [0, 0.1) is 5.82 Å². The Morgan fingerprint density at radius 1 is 1.24 bits per heavy atom. The topological polar surface area (TPSA) is 48.4 Å².